The molecule has 3 heterocycles. The molecule has 1 atom stereocenters. The molecule has 2 saturated heterocycles. The van der Waals surface area contributed by atoms with Crippen LogP contribution in [0.25, 0.3) is 0 Å². The van der Waals surface area contributed by atoms with E-state index in [1.807, 2.05) is 16.8 Å². The summed E-state index contributed by atoms with van der Waals surface area (Å²) in [4.78, 5) is 38.6. The Labute approximate surface area is 124 Å². The van der Waals surface area contributed by atoms with Gasteiger partial charge in [-0.2, -0.15) is 11.3 Å². The monoisotopic (exact) mass is 310 g/mol. The molecule has 0 radical (unpaired) electrons. The zero-order valence-corrected chi connectivity index (χ0v) is 12.4. The lowest BCUT2D eigenvalue weighted by Crippen LogP contribution is -2.41. The highest BCUT2D eigenvalue weighted by atomic mass is 32.2. The van der Waals surface area contributed by atoms with Crippen molar-refractivity contribution in [3.63, 3.8) is 0 Å². The molecule has 0 unspecified atom stereocenters. The molecular formula is C13H14N2O3S2. The first-order valence-electron chi connectivity index (χ1n) is 6.43. The van der Waals surface area contributed by atoms with E-state index in [0.717, 1.165) is 17.3 Å². The highest BCUT2D eigenvalue weighted by Gasteiger charge is 2.40. The highest BCUT2D eigenvalue weighted by Crippen LogP contribution is 2.26. The molecule has 0 saturated carbocycles. The molecule has 0 spiro atoms. The molecule has 0 aromatic carbocycles. The van der Waals surface area contributed by atoms with Gasteiger partial charge in [-0.25, -0.2) is 0 Å². The SMILES string of the molecule is O=C(Cc1ccsc1)N1CC[C@@H](N2C(=O)CSC2=O)C1. The number of likely N-dealkylation sites (tertiary alicyclic amines) is 1. The Balaban J connectivity index is 1.60. The van der Waals surface area contributed by atoms with Crippen molar-refractivity contribution in [1.82, 2.24) is 9.80 Å². The third kappa shape index (κ3) is 2.60. The maximum atomic E-state index is 12.2. The molecule has 2 fully saturated rings. The average molecular weight is 310 g/mol. The lowest BCUT2D eigenvalue weighted by molar-refractivity contribution is -0.131. The van der Waals surface area contributed by atoms with E-state index in [2.05, 4.69) is 0 Å². The Kier molecular flexibility index (Phi) is 3.80. The van der Waals surface area contributed by atoms with E-state index in [4.69, 9.17) is 0 Å². The molecule has 1 aromatic heterocycles. The van der Waals surface area contributed by atoms with Gasteiger partial charge in [-0.3, -0.25) is 19.3 Å². The van der Waals surface area contributed by atoms with Gasteiger partial charge in [0.15, 0.2) is 0 Å². The average Bonchev–Trinajstić information content (AvgIpc) is 3.11. The van der Waals surface area contributed by atoms with E-state index in [0.29, 0.717) is 25.9 Å². The largest absolute Gasteiger partial charge is 0.340 e. The standard InChI is InChI=1S/C13H14N2O3S2/c16-11(5-9-2-4-19-7-9)14-3-1-10(6-14)15-12(17)8-20-13(15)18/h2,4,7,10H,1,3,5-6,8H2/t10-/m1/s1. The van der Waals surface area contributed by atoms with Gasteiger partial charge in [0.05, 0.1) is 18.2 Å². The Hall–Kier alpha value is -1.34. The minimum Gasteiger partial charge on any atom is -0.340 e. The second-order valence-electron chi connectivity index (χ2n) is 4.91. The van der Waals surface area contributed by atoms with E-state index in [-0.39, 0.29) is 28.8 Å². The van der Waals surface area contributed by atoms with Gasteiger partial charge in [0.25, 0.3) is 5.24 Å². The maximum absolute atomic E-state index is 12.2. The quantitative estimate of drug-likeness (QED) is 0.850. The van der Waals surface area contributed by atoms with Crippen molar-refractivity contribution < 1.29 is 14.4 Å². The zero-order chi connectivity index (χ0) is 14.1. The third-order valence-electron chi connectivity index (χ3n) is 3.60. The summed E-state index contributed by atoms with van der Waals surface area (Å²) in [6.07, 6.45) is 1.08. The van der Waals surface area contributed by atoms with E-state index in [9.17, 15) is 14.4 Å². The molecule has 2 aliphatic rings. The van der Waals surface area contributed by atoms with Gasteiger partial charge >= 0.3 is 0 Å². The van der Waals surface area contributed by atoms with Crippen LogP contribution in [0.5, 0.6) is 0 Å². The molecule has 3 rings (SSSR count). The van der Waals surface area contributed by atoms with Crippen molar-refractivity contribution >= 4 is 40.2 Å². The molecule has 0 aliphatic carbocycles. The van der Waals surface area contributed by atoms with Crippen LogP contribution < -0.4 is 0 Å². The van der Waals surface area contributed by atoms with Crippen LogP contribution in [-0.2, 0) is 16.0 Å². The number of carbonyl (C=O) groups is 3. The maximum Gasteiger partial charge on any atom is 0.289 e. The molecule has 0 bridgehead atoms. The molecule has 106 valence electrons. The smallest absolute Gasteiger partial charge is 0.289 e. The highest BCUT2D eigenvalue weighted by molar-refractivity contribution is 8.14. The van der Waals surface area contributed by atoms with Gasteiger partial charge in [-0.15, -0.1) is 0 Å². The zero-order valence-electron chi connectivity index (χ0n) is 10.8. The summed E-state index contributed by atoms with van der Waals surface area (Å²) in [5, 5.41) is 3.75. The fourth-order valence-corrected chi connectivity index (χ4v) is 4.02. The van der Waals surface area contributed by atoms with Gasteiger partial charge in [0.2, 0.25) is 11.8 Å². The van der Waals surface area contributed by atoms with Crippen molar-refractivity contribution in [2.24, 2.45) is 0 Å². The van der Waals surface area contributed by atoms with E-state index in [1.54, 1.807) is 16.2 Å². The Morgan fingerprint density at radius 2 is 2.25 bits per heavy atom. The van der Waals surface area contributed by atoms with E-state index >= 15 is 0 Å². The van der Waals surface area contributed by atoms with Crippen LogP contribution in [0.1, 0.15) is 12.0 Å². The number of thiophene rings is 1. The first-order chi connectivity index (χ1) is 9.65. The molecule has 1 aromatic rings. The Morgan fingerprint density at radius 1 is 1.40 bits per heavy atom. The second-order valence-corrected chi connectivity index (χ2v) is 6.62. The van der Waals surface area contributed by atoms with Crippen LogP contribution in [0.15, 0.2) is 16.8 Å². The summed E-state index contributed by atoms with van der Waals surface area (Å²) >= 11 is 2.62. The summed E-state index contributed by atoms with van der Waals surface area (Å²) in [6.45, 7) is 1.09. The Morgan fingerprint density at radius 3 is 2.90 bits per heavy atom. The fraction of sp³-hybridized carbons (Fsp3) is 0.462. The number of imide groups is 1. The van der Waals surface area contributed by atoms with Crippen molar-refractivity contribution in [2.45, 2.75) is 18.9 Å². The van der Waals surface area contributed by atoms with E-state index < -0.39 is 0 Å². The van der Waals surface area contributed by atoms with Crippen molar-refractivity contribution in [1.29, 1.82) is 0 Å². The third-order valence-corrected chi connectivity index (χ3v) is 5.17. The van der Waals surface area contributed by atoms with Gasteiger partial charge in [0.1, 0.15) is 0 Å². The van der Waals surface area contributed by atoms with Gasteiger partial charge in [0, 0.05) is 13.1 Å². The molecular weight excluding hydrogens is 296 g/mol. The summed E-state index contributed by atoms with van der Waals surface area (Å²) in [5.74, 6) is 0.174. The lowest BCUT2D eigenvalue weighted by Gasteiger charge is -2.21. The number of thioether (sulfide) groups is 1. The van der Waals surface area contributed by atoms with Crippen LogP contribution in [0, 0.1) is 0 Å². The molecule has 20 heavy (non-hydrogen) atoms. The summed E-state index contributed by atoms with van der Waals surface area (Å²) in [7, 11) is 0. The summed E-state index contributed by atoms with van der Waals surface area (Å²) < 4.78 is 0. The molecule has 2 aliphatic heterocycles. The number of nitrogens with zero attached hydrogens (tertiary/aromatic N) is 2. The number of amides is 3. The van der Waals surface area contributed by atoms with Crippen molar-refractivity contribution in [3.05, 3.63) is 22.4 Å². The predicted molar refractivity (Wildman–Crippen MR) is 77.7 cm³/mol. The minimum atomic E-state index is -0.174. The Bertz CT molecular complexity index is 528. The van der Waals surface area contributed by atoms with Crippen LogP contribution >= 0.6 is 23.1 Å². The number of hydrogen-bond acceptors (Lipinski definition) is 5. The molecule has 0 N–H and O–H groups in total. The van der Waals surface area contributed by atoms with Gasteiger partial charge < -0.3 is 4.90 Å². The molecule has 5 nitrogen and oxygen atoms in total. The number of hydrogen-bond donors (Lipinski definition) is 0. The summed E-state index contributed by atoms with van der Waals surface area (Å²) in [5.41, 5.74) is 1.02. The van der Waals surface area contributed by atoms with Crippen LogP contribution in [-0.4, -0.2) is 51.7 Å². The van der Waals surface area contributed by atoms with Gasteiger partial charge in [-0.1, -0.05) is 11.8 Å². The van der Waals surface area contributed by atoms with Crippen molar-refractivity contribution in [3.8, 4) is 0 Å². The van der Waals surface area contributed by atoms with Crippen LogP contribution in [0.4, 0.5) is 4.79 Å². The molecule has 7 heteroatoms. The first-order valence-corrected chi connectivity index (χ1v) is 8.35. The van der Waals surface area contributed by atoms with Gasteiger partial charge in [-0.05, 0) is 28.8 Å². The normalized spacial score (nSPS) is 22.9. The molecule has 3 amide bonds. The summed E-state index contributed by atoms with van der Waals surface area (Å²) in [6, 6.07) is 1.80. The number of carbonyl (C=O) groups excluding carboxylic acids is 3. The topological polar surface area (TPSA) is 57.7 Å². The number of rotatable bonds is 3. The second kappa shape index (κ2) is 5.57. The van der Waals surface area contributed by atoms with E-state index in [1.165, 1.54) is 4.90 Å². The van der Waals surface area contributed by atoms with Crippen LogP contribution in [0.2, 0.25) is 0 Å². The predicted octanol–water partition coefficient (Wildman–Crippen LogP) is 1.59. The minimum absolute atomic E-state index is 0.0673. The first kappa shape index (κ1) is 13.6. The van der Waals surface area contributed by atoms with Crippen LogP contribution in [0.3, 0.4) is 0 Å². The lowest BCUT2D eigenvalue weighted by atomic mass is 10.2. The fourth-order valence-electron chi connectivity index (χ4n) is 2.58. The van der Waals surface area contributed by atoms with Crippen molar-refractivity contribution in [2.75, 3.05) is 18.8 Å².